The van der Waals surface area contributed by atoms with E-state index in [9.17, 15) is 4.79 Å². The molecule has 16 heavy (non-hydrogen) atoms. The largest absolute Gasteiger partial charge is 0.379 e. The Morgan fingerprint density at radius 2 is 2.50 bits per heavy atom. The van der Waals surface area contributed by atoms with Gasteiger partial charge in [-0.1, -0.05) is 5.16 Å². The molecule has 1 fully saturated rings. The molecule has 1 amide bonds. The molecule has 2 atom stereocenters. The first kappa shape index (κ1) is 11.0. The quantitative estimate of drug-likeness (QED) is 0.679. The molecule has 0 aromatic carbocycles. The van der Waals surface area contributed by atoms with Gasteiger partial charge in [-0.25, -0.2) is 0 Å². The minimum atomic E-state index is -0.156. The highest BCUT2D eigenvalue weighted by Crippen LogP contribution is 2.13. The number of hydrogen-bond acceptors (Lipinski definition) is 6. The molecule has 1 saturated heterocycles. The van der Waals surface area contributed by atoms with Gasteiger partial charge in [-0.15, -0.1) is 0 Å². The van der Waals surface area contributed by atoms with Crippen LogP contribution in [0.2, 0.25) is 0 Å². The first-order valence-corrected chi connectivity index (χ1v) is 5.09. The van der Waals surface area contributed by atoms with Gasteiger partial charge in [-0.3, -0.25) is 4.79 Å². The minimum absolute atomic E-state index is 0.0540. The van der Waals surface area contributed by atoms with E-state index < -0.39 is 0 Å². The van der Waals surface area contributed by atoms with Crippen molar-refractivity contribution in [2.45, 2.75) is 12.6 Å². The summed E-state index contributed by atoms with van der Waals surface area (Å²) in [6, 6.07) is 0.0743. The van der Waals surface area contributed by atoms with Crippen LogP contribution in [0.5, 0.6) is 0 Å². The van der Waals surface area contributed by atoms with Crippen molar-refractivity contribution in [1.29, 1.82) is 0 Å². The van der Waals surface area contributed by atoms with E-state index in [-0.39, 0.29) is 24.4 Å². The highest BCUT2D eigenvalue weighted by Gasteiger charge is 2.32. The molecule has 1 aromatic heterocycles. The maximum absolute atomic E-state index is 11.8. The minimum Gasteiger partial charge on any atom is -0.379 e. The van der Waals surface area contributed by atoms with Crippen LogP contribution >= 0.6 is 0 Å². The summed E-state index contributed by atoms with van der Waals surface area (Å²) in [5, 5.41) is 9.41. The smallest absolute Gasteiger partial charge is 0.227 e. The molecule has 1 aliphatic heterocycles. The predicted octanol–water partition coefficient (Wildman–Crippen LogP) is -1.08. The molecule has 2 rings (SSSR count). The van der Waals surface area contributed by atoms with Gasteiger partial charge in [-0.2, -0.15) is 4.98 Å². The molecular weight excluding hydrogens is 212 g/mol. The van der Waals surface area contributed by atoms with Crippen LogP contribution in [0.15, 0.2) is 10.9 Å². The second-order valence-corrected chi connectivity index (χ2v) is 3.60. The average Bonchev–Trinajstić information content (AvgIpc) is 2.96. The van der Waals surface area contributed by atoms with E-state index in [2.05, 4.69) is 25.3 Å². The van der Waals surface area contributed by atoms with Gasteiger partial charge in [0.1, 0.15) is 0 Å². The summed E-state index contributed by atoms with van der Waals surface area (Å²) in [5.41, 5.74) is 0. The Bertz CT molecular complexity index is 341. The third-order valence-electron chi connectivity index (χ3n) is 2.62. The number of amides is 1. The standard InChI is InChI=1S/C9H14N4O3/c1-10-7-4-15-3-6(7)9(14)11-2-8-12-5-16-13-8/h5-7,10H,2-4H2,1H3,(H,11,14). The third-order valence-corrected chi connectivity index (χ3v) is 2.62. The Morgan fingerprint density at radius 3 is 3.19 bits per heavy atom. The molecule has 2 unspecified atom stereocenters. The second-order valence-electron chi connectivity index (χ2n) is 3.60. The monoisotopic (exact) mass is 226 g/mol. The van der Waals surface area contributed by atoms with Crippen LogP contribution in [0.25, 0.3) is 0 Å². The van der Waals surface area contributed by atoms with Crippen LogP contribution < -0.4 is 10.6 Å². The Morgan fingerprint density at radius 1 is 1.62 bits per heavy atom. The summed E-state index contributed by atoms with van der Waals surface area (Å²) in [4.78, 5) is 15.6. The van der Waals surface area contributed by atoms with Gasteiger partial charge in [0.25, 0.3) is 0 Å². The first-order valence-electron chi connectivity index (χ1n) is 5.09. The van der Waals surface area contributed by atoms with E-state index in [0.29, 0.717) is 19.0 Å². The van der Waals surface area contributed by atoms with E-state index in [1.54, 1.807) is 0 Å². The normalized spacial score (nSPS) is 24.6. The topological polar surface area (TPSA) is 89.3 Å². The Hall–Kier alpha value is -1.47. The molecular formula is C9H14N4O3. The molecule has 2 N–H and O–H groups in total. The van der Waals surface area contributed by atoms with E-state index in [4.69, 9.17) is 4.74 Å². The Balaban J connectivity index is 1.83. The summed E-state index contributed by atoms with van der Waals surface area (Å²) < 4.78 is 9.81. The summed E-state index contributed by atoms with van der Waals surface area (Å²) >= 11 is 0. The van der Waals surface area contributed by atoms with Crippen molar-refractivity contribution in [3.63, 3.8) is 0 Å². The highest BCUT2D eigenvalue weighted by molar-refractivity contribution is 5.79. The molecule has 1 aromatic rings. The fourth-order valence-corrected chi connectivity index (χ4v) is 1.66. The molecule has 0 radical (unpaired) electrons. The third kappa shape index (κ3) is 2.37. The van der Waals surface area contributed by atoms with Crippen LogP contribution in [-0.2, 0) is 16.1 Å². The van der Waals surface area contributed by atoms with Crippen LogP contribution in [0.3, 0.4) is 0 Å². The lowest BCUT2D eigenvalue weighted by Crippen LogP contribution is -2.42. The van der Waals surface area contributed by atoms with Crippen molar-refractivity contribution in [1.82, 2.24) is 20.8 Å². The summed E-state index contributed by atoms with van der Waals surface area (Å²) in [6.45, 7) is 1.29. The van der Waals surface area contributed by atoms with Crippen LogP contribution in [-0.4, -0.2) is 42.4 Å². The van der Waals surface area contributed by atoms with Gasteiger partial charge < -0.3 is 19.9 Å². The first-order chi connectivity index (χ1) is 7.81. The van der Waals surface area contributed by atoms with Crippen molar-refractivity contribution >= 4 is 5.91 Å². The molecule has 2 heterocycles. The van der Waals surface area contributed by atoms with Crippen molar-refractivity contribution in [2.75, 3.05) is 20.3 Å². The fraction of sp³-hybridized carbons (Fsp3) is 0.667. The SMILES string of the molecule is CNC1COCC1C(=O)NCc1ncon1. The second kappa shape index (κ2) is 5.04. The Kier molecular flexibility index (Phi) is 3.47. The molecule has 7 nitrogen and oxygen atoms in total. The molecule has 7 heteroatoms. The lowest BCUT2D eigenvalue weighted by atomic mass is 10.0. The van der Waals surface area contributed by atoms with Crippen molar-refractivity contribution < 1.29 is 14.1 Å². The summed E-state index contributed by atoms with van der Waals surface area (Å²) in [7, 11) is 1.82. The molecule has 88 valence electrons. The zero-order chi connectivity index (χ0) is 11.4. The maximum Gasteiger partial charge on any atom is 0.227 e. The average molecular weight is 226 g/mol. The molecule has 1 aliphatic rings. The molecule has 0 saturated carbocycles. The number of carbonyl (C=O) groups excluding carboxylic acids is 1. The number of hydrogen-bond donors (Lipinski definition) is 2. The van der Waals surface area contributed by atoms with Gasteiger partial charge in [-0.05, 0) is 7.05 Å². The van der Waals surface area contributed by atoms with Gasteiger partial charge >= 0.3 is 0 Å². The lowest BCUT2D eigenvalue weighted by Gasteiger charge is -2.15. The fourth-order valence-electron chi connectivity index (χ4n) is 1.66. The number of rotatable bonds is 4. The molecule has 0 spiro atoms. The molecule has 0 bridgehead atoms. The van der Waals surface area contributed by atoms with Crippen LogP contribution in [0, 0.1) is 5.92 Å². The number of ether oxygens (including phenoxy) is 1. The van der Waals surface area contributed by atoms with Crippen LogP contribution in [0.1, 0.15) is 5.82 Å². The van der Waals surface area contributed by atoms with Gasteiger partial charge in [0.05, 0.1) is 25.7 Å². The van der Waals surface area contributed by atoms with E-state index in [1.807, 2.05) is 7.05 Å². The van der Waals surface area contributed by atoms with Gasteiger partial charge in [0.2, 0.25) is 12.3 Å². The molecule has 0 aliphatic carbocycles. The Labute approximate surface area is 92.5 Å². The summed E-state index contributed by atoms with van der Waals surface area (Å²) in [6.07, 6.45) is 1.23. The zero-order valence-electron chi connectivity index (χ0n) is 8.97. The van der Waals surface area contributed by atoms with Crippen molar-refractivity contribution in [3.8, 4) is 0 Å². The van der Waals surface area contributed by atoms with E-state index in [0.717, 1.165) is 0 Å². The van der Waals surface area contributed by atoms with Crippen molar-refractivity contribution in [3.05, 3.63) is 12.2 Å². The van der Waals surface area contributed by atoms with Gasteiger partial charge in [0.15, 0.2) is 5.82 Å². The van der Waals surface area contributed by atoms with E-state index >= 15 is 0 Å². The summed E-state index contributed by atoms with van der Waals surface area (Å²) in [5.74, 6) is 0.256. The highest BCUT2D eigenvalue weighted by atomic mass is 16.5. The number of likely N-dealkylation sites (N-methyl/N-ethyl adjacent to an activating group) is 1. The predicted molar refractivity (Wildman–Crippen MR) is 53.3 cm³/mol. The lowest BCUT2D eigenvalue weighted by molar-refractivity contribution is -0.125. The maximum atomic E-state index is 11.8. The van der Waals surface area contributed by atoms with Crippen molar-refractivity contribution in [2.24, 2.45) is 5.92 Å². The van der Waals surface area contributed by atoms with Crippen LogP contribution in [0.4, 0.5) is 0 Å². The number of carbonyl (C=O) groups is 1. The van der Waals surface area contributed by atoms with Gasteiger partial charge in [0, 0.05) is 6.04 Å². The number of nitrogens with zero attached hydrogens (tertiary/aromatic N) is 2. The number of aromatic nitrogens is 2. The van der Waals surface area contributed by atoms with E-state index in [1.165, 1.54) is 6.39 Å². The number of nitrogens with one attached hydrogen (secondary N) is 2. The zero-order valence-corrected chi connectivity index (χ0v) is 8.97.